The molecule has 1 nitrogen and oxygen atoms in total. The molecule has 1 unspecified atom stereocenters. The van der Waals surface area contributed by atoms with Gasteiger partial charge in [-0.15, -0.1) is 0 Å². The fourth-order valence-electron chi connectivity index (χ4n) is 1.84. The number of hydrogen-bond acceptors (Lipinski definition) is 2. The first kappa shape index (κ1) is 16.0. The van der Waals surface area contributed by atoms with Gasteiger partial charge in [-0.25, -0.2) is 0 Å². The first-order valence-electron chi connectivity index (χ1n) is 6.21. The number of rotatable bonds is 4. The Morgan fingerprint density at radius 1 is 1.00 bits per heavy atom. The van der Waals surface area contributed by atoms with Crippen molar-refractivity contribution in [1.82, 2.24) is 0 Å². The molecule has 0 bridgehead atoms. The Morgan fingerprint density at radius 2 is 1.57 bits per heavy atom. The highest BCUT2D eigenvalue weighted by atomic mass is 35.5. The third kappa shape index (κ3) is 5.17. The topological polar surface area (TPSA) is 12.0 Å². The Kier molecular flexibility index (Phi) is 5.06. The second-order valence-corrected chi connectivity index (χ2v) is 6.06. The average Bonchev–Trinajstić information content (AvgIpc) is 2.40. The standard InChI is InChI=1S/C15H13ClF3NS/c1-10(11-2-4-12(16)5-3-11)20-13-6-8-14(9-7-13)21-15(17,18)19/h2-10,20H,1H3. The summed E-state index contributed by atoms with van der Waals surface area (Å²) >= 11 is 5.72. The fourth-order valence-corrected chi connectivity index (χ4v) is 2.50. The van der Waals surface area contributed by atoms with Crippen molar-refractivity contribution in [2.24, 2.45) is 0 Å². The zero-order valence-electron chi connectivity index (χ0n) is 11.1. The van der Waals surface area contributed by atoms with Crippen LogP contribution in [0.5, 0.6) is 0 Å². The molecule has 0 aliphatic heterocycles. The second-order valence-electron chi connectivity index (χ2n) is 4.49. The van der Waals surface area contributed by atoms with Gasteiger partial charge < -0.3 is 5.32 Å². The Balaban J connectivity index is 2.01. The van der Waals surface area contributed by atoms with Crippen LogP contribution in [0.15, 0.2) is 53.4 Å². The van der Waals surface area contributed by atoms with E-state index in [2.05, 4.69) is 5.32 Å². The van der Waals surface area contributed by atoms with E-state index in [9.17, 15) is 13.2 Å². The molecule has 1 atom stereocenters. The molecule has 0 fully saturated rings. The summed E-state index contributed by atoms with van der Waals surface area (Å²) in [6.45, 7) is 1.97. The highest BCUT2D eigenvalue weighted by Crippen LogP contribution is 2.37. The summed E-state index contributed by atoms with van der Waals surface area (Å²) in [6, 6.07) is 13.6. The molecule has 2 aromatic carbocycles. The summed E-state index contributed by atoms with van der Waals surface area (Å²) in [5.41, 5.74) is -2.44. The lowest BCUT2D eigenvalue weighted by Crippen LogP contribution is -2.06. The van der Waals surface area contributed by atoms with Crippen molar-refractivity contribution in [2.75, 3.05) is 5.32 Å². The van der Waals surface area contributed by atoms with E-state index in [0.717, 1.165) is 11.3 Å². The van der Waals surface area contributed by atoms with Crippen LogP contribution in [0.3, 0.4) is 0 Å². The van der Waals surface area contributed by atoms with Crippen LogP contribution in [0, 0.1) is 0 Å². The predicted molar refractivity (Wildman–Crippen MR) is 81.8 cm³/mol. The van der Waals surface area contributed by atoms with Crippen molar-refractivity contribution in [3.05, 3.63) is 59.1 Å². The van der Waals surface area contributed by atoms with E-state index in [4.69, 9.17) is 11.6 Å². The second kappa shape index (κ2) is 6.62. The number of benzene rings is 2. The third-order valence-electron chi connectivity index (χ3n) is 2.84. The minimum atomic E-state index is -4.26. The lowest BCUT2D eigenvalue weighted by atomic mass is 10.1. The van der Waals surface area contributed by atoms with Crippen LogP contribution in [0.25, 0.3) is 0 Å². The predicted octanol–water partition coefficient (Wildman–Crippen LogP) is 6.13. The SMILES string of the molecule is CC(Nc1ccc(SC(F)(F)F)cc1)c1ccc(Cl)cc1. The van der Waals surface area contributed by atoms with E-state index in [1.54, 1.807) is 24.3 Å². The zero-order chi connectivity index (χ0) is 15.5. The van der Waals surface area contributed by atoms with Gasteiger partial charge in [-0.2, -0.15) is 13.2 Å². The lowest BCUT2D eigenvalue weighted by molar-refractivity contribution is -0.0328. The van der Waals surface area contributed by atoms with E-state index >= 15 is 0 Å². The number of thioether (sulfide) groups is 1. The molecule has 21 heavy (non-hydrogen) atoms. The van der Waals surface area contributed by atoms with Crippen LogP contribution in [0.2, 0.25) is 5.02 Å². The summed E-state index contributed by atoms with van der Waals surface area (Å²) in [7, 11) is 0. The highest BCUT2D eigenvalue weighted by molar-refractivity contribution is 8.00. The van der Waals surface area contributed by atoms with Crippen LogP contribution >= 0.6 is 23.4 Å². The van der Waals surface area contributed by atoms with Crippen LogP contribution < -0.4 is 5.32 Å². The summed E-state index contributed by atoms with van der Waals surface area (Å²) < 4.78 is 36.7. The minimum Gasteiger partial charge on any atom is -0.379 e. The van der Waals surface area contributed by atoms with Gasteiger partial charge in [0.05, 0.1) is 0 Å². The Labute approximate surface area is 130 Å². The third-order valence-corrected chi connectivity index (χ3v) is 3.83. The Morgan fingerprint density at radius 3 is 2.10 bits per heavy atom. The largest absolute Gasteiger partial charge is 0.446 e. The quantitative estimate of drug-likeness (QED) is 0.677. The first-order valence-corrected chi connectivity index (χ1v) is 7.41. The van der Waals surface area contributed by atoms with Gasteiger partial charge in [0, 0.05) is 21.6 Å². The molecule has 0 amide bonds. The zero-order valence-corrected chi connectivity index (χ0v) is 12.7. The molecule has 0 aliphatic rings. The van der Waals surface area contributed by atoms with Crippen molar-refractivity contribution in [2.45, 2.75) is 23.4 Å². The van der Waals surface area contributed by atoms with Crippen LogP contribution in [0.1, 0.15) is 18.5 Å². The Bertz CT molecular complexity index is 581. The Hall–Kier alpha value is -1.33. The van der Waals surface area contributed by atoms with Gasteiger partial charge in [0.2, 0.25) is 0 Å². The van der Waals surface area contributed by atoms with Gasteiger partial charge in [0.15, 0.2) is 0 Å². The number of nitrogens with one attached hydrogen (secondary N) is 1. The molecule has 2 rings (SSSR count). The molecule has 0 radical (unpaired) electrons. The van der Waals surface area contributed by atoms with Crippen LogP contribution in [-0.2, 0) is 0 Å². The lowest BCUT2D eigenvalue weighted by Gasteiger charge is -2.16. The summed E-state index contributed by atoms with van der Waals surface area (Å²) in [6.07, 6.45) is 0. The fraction of sp³-hybridized carbons (Fsp3) is 0.200. The summed E-state index contributed by atoms with van der Waals surface area (Å²) in [5.74, 6) is 0. The highest BCUT2D eigenvalue weighted by Gasteiger charge is 2.28. The van der Waals surface area contributed by atoms with E-state index in [0.29, 0.717) is 5.02 Å². The molecule has 0 saturated heterocycles. The number of alkyl halides is 3. The molecule has 112 valence electrons. The molecular formula is C15H13ClF3NS. The molecule has 2 aromatic rings. The maximum Gasteiger partial charge on any atom is 0.446 e. The van der Waals surface area contributed by atoms with Gasteiger partial charge in [-0.05, 0) is 60.6 Å². The van der Waals surface area contributed by atoms with Gasteiger partial charge >= 0.3 is 5.51 Å². The van der Waals surface area contributed by atoms with Crippen molar-refractivity contribution in [3.8, 4) is 0 Å². The molecule has 0 spiro atoms. The molecule has 1 N–H and O–H groups in total. The van der Waals surface area contributed by atoms with Crippen molar-refractivity contribution >= 4 is 29.1 Å². The van der Waals surface area contributed by atoms with E-state index in [1.165, 1.54) is 12.1 Å². The van der Waals surface area contributed by atoms with Crippen LogP contribution in [-0.4, -0.2) is 5.51 Å². The number of halogens is 4. The van der Waals surface area contributed by atoms with Crippen molar-refractivity contribution in [1.29, 1.82) is 0 Å². The molecule has 0 aromatic heterocycles. The normalized spacial score (nSPS) is 13.0. The molecule has 0 heterocycles. The van der Waals surface area contributed by atoms with Crippen molar-refractivity contribution < 1.29 is 13.2 Å². The molecular weight excluding hydrogens is 319 g/mol. The van der Waals surface area contributed by atoms with Gasteiger partial charge in [0.25, 0.3) is 0 Å². The number of hydrogen-bond donors (Lipinski definition) is 1. The monoisotopic (exact) mass is 331 g/mol. The maximum absolute atomic E-state index is 12.2. The molecule has 0 saturated carbocycles. The maximum atomic E-state index is 12.2. The van der Waals surface area contributed by atoms with Gasteiger partial charge in [0.1, 0.15) is 0 Å². The van der Waals surface area contributed by atoms with E-state index < -0.39 is 5.51 Å². The summed E-state index contributed by atoms with van der Waals surface area (Å²) in [4.78, 5) is 0.173. The van der Waals surface area contributed by atoms with Gasteiger partial charge in [-0.3, -0.25) is 0 Å². The molecule has 0 aliphatic carbocycles. The first-order chi connectivity index (χ1) is 9.83. The van der Waals surface area contributed by atoms with Crippen molar-refractivity contribution in [3.63, 3.8) is 0 Å². The number of anilines is 1. The van der Waals surface area contributed by atoms with Gasteiger partial charge in [-0.1, -0.05) is 23.7 Å². The van der Waals surface area contributed by atoms with E-state index in [1.807, 2.05) is 19.1 Å². The average molecular weight is 332 g/mol. The molecule has 6 heteroatoms. The summed E-state index contributed by atoms with van der Waals surface area (Å²) in [5, 5.41) is 3.90. The smallest absolute Gasteiger partial charge is 0.379 e. The van der Waals surface area contributed by atoms with E-state index in [-0.39, 0.29) is 22.7 Å². The van der Waals surface area contributed by atoms with Crippen LogP contribution in [0.4, 0.5) is 18.9 Å². The minimum absolute atomic E-state index is 0.0309.